The summed E-state index contributed by atoms with van der Waals surface area (Å²) in [4.78, 5) is 17.6. The van der Waals surface area contributed by atoms with Crippen molar-refractivity contribution >= 4 is 27.5 Å². The van der Waals surface area contributed by atoms with Crippen molar-refractivity contribution in [1.82, 2.24) is 4.57 Å². The van der Waals surface area contributed by atoms with E-state index in [1.807, 2.05) is 28.8 Å². The molecule has 5 nitrogen and oxygen atoms in total. The first-order valence-electron chi connectivity index (χ1n) is 8.87. The SMILES string of the molecule is C=CCn1c(=NC(=O)Cc2ccc3c(c2)OCO3)sc2cc(CC)ccc21. The molecule has 0 N–H and O–H groups in total. The van der Waals surface area contributed by atoms with Crippen LogP contribution in [0.5, 0.6) is 11.5 Å². The zero-order valence-electron chi connectivity index (χ0n) is 15.1. The van der Waals surface area contributed by atoms with E-state index >= 15 is 0 Å². The largest absolute Gasteiger partial charge is 0.454 e. The van der Waals surface area contributed by atoms with Gasteiger partial charge in [0.15, 0.2) is 16.3 Å². The van der Waals surface area contributed by atoms with Gasteiger partial charge in [-0.25, -0.2) is 0 Å². The maximum atomic E-state index is 12.6. The van der Waals surface area contributed by atoms with E-state index in [-0.39, 0.29) is 19.1 Å². The van der Waals surface area contributed by atoms with Crippen LogP contribution < -0.4 is 14.3 Å². The molecule has 4 rings (SSSR count). The number of hydrogen-bond donors (Lipinski definition) is 0. The van der Waals surface area contributed by atoms with Gasteiger partial charge in [-0.1, -0.05) is 36.5 Å². The van der Waals surface area contributed by atoms with Gasteiger partial charge < -0.3 is 14.0 Å². The van der Waals surface area contributed by atoms with Gasteiger partial charge in [-0.05, 0) is 41.8 Å². The topological polar surface area (TPSA) is 52.8 Å². The summed E-state index contributed by atoms with van der Waals surface area (Å²) in [6, 6.07) is 11.9. The second-order valence-corrected chi connectivity index (χ2v) is 7.32. The fraction of sp³-hybridized carbons (Fsp3) is 0.238. The molecule has 0 aliphatic carbocycles. The van der Waals surface area contributed by atoms with Crippen LogP contribution in [0.2, 0.25) is 0 Å². The number of thiazole rings is 1. The maximum Gasteiger partial charge on any atom is 0.252 e. The molecule has 1 aliphatic heterocycles. The minimum absolute atomic E-state index is 0.186. The lowest BCUT2D eigenvalue weighted by Crippen LogP contribution is -2.16. The van der Waals surface area contributed by atoms with Gasteiger partial charge >= 0.3 is 0 Å². The molecule has 0 atom stereocenters. The zero-order valence-corrected chi connectivity index (χ0v) is 15.9. The molecule has 2 aromatic carbocycles. The van der Waals surface area contributed by atoms with E-state index in [0.29, 0.717) is 22.8 Å². The van der Waals surface area contributed by atoms with Crippen molar-refractivity contribution in [2.45, 2.75) is 26.3 Å². The van der Waals surface area contributed by atoms with E-state index in [9.17, 15) is 4.79 Å². The fourth-order valence-electron chi connectivity index (χ4n) is 3.10. The monoisotopic (exact) mass is 380 g/mol. The number of nitrogens with zero attached hydrogens (tertiary/aromatic N) is 2. The number of aromatic nitrogens is 1. The Morgan fingerprint density at radius 2 is 2.04 bits per heavy atom. The number of hydrogen-bond acceptors (Lipinski definition) is 4. The number of amides is 1. The van der Waals surface area contributed by atoms with Crippen LogP contribution in [0.25, 0.3) is 10.2 Å². The summed E-state index contributed by atoms with van der Waals surface area (Å²) in [5, 5.41) is 0. The Bertz CT molecular complexity index is 1090. The maximum absolute atomic E-state index is 12.6. The quantitative estimate of drug-likeness (QED) is 0.632. The lowest BCUT2D eigenvalue weighted by molar-refractivity contribution is -0.117. The van der Waals surface area contributed by atoms with Crippen LogP contribution in [-0.2, 0) is 24.2 Å². The second-order valence-electron chi connectivity index (χ2n) is 6.31. The number of rotatable bonds is 5. The third kappa shape index (κ3) is 3.53. The fourth-order valence-corrected chi connectivity index (χ4v) is 4.22. The predicted octanol–water partition coefficient (Wildman–Crippen LogP) is 3.85. The molecule has 0 saturated heterocycles. The summed E-state index contributed by atoms with van der Waals surface area (Å²) in [7, 11) is 0. The van der Waals surface area contributed by atoms with E-state index in [1.54, 1.807) is 0 Å². The molecule has 2 heterocycles. The molecule has 0 radical (unpaired) electrons. The number of aryl methyl sites for hydroxylation is 1. The molecular weight excluding hydrogens is 360 g/mol. The molecule has 0 saturated carbocycles. The van der Waals surface area contributed by atoms with Crippen molar-refractivity contribution in [3.05, 3.63) is 65.0 Å². The first-order valence-corrected chi connectivity index (χ1v) is 9.69. The zero-order chi connectivity index (χ0) is 18.8. The van der Waals surface area contributed by atoms with Gasteiger partial charge in [0.1, 0.15) is 0 Å². The molecule has 1 aliphatic rings. The van der Waals surface area contributed by atoms with Crippen molar-refractivity contribution in [1.29, 1.82) is 0 Å². The van der Waals surface area contributed by atoms with Gasteiger partial charge in [-0.2, -0.15) is 4.99 Å². The Balaban J connectivity index is 1.67. The van der Waals surface area contributed by atoms with E-state index < -0.39 is 0 Å². The van der Waals surface area contributed by atoms with Gasteiger partial charge in [0.05, 0.1) is 16.6 Å². The van der Waals surface area contributed by atoms with Crippen LogP contribution in [-0.4, -0.2) is 17.3 Å². The predicted molar refractivity (Wildman–Crippen MR) is 106 cm³/mol. The summed E-state index contributed by atoms with van der Waals surface area (Å²) < 4.78 is 13.8. The second kappa shape index (κ2) is 7.40. The molecule has 27 heavy (non-hydrogen) atoms. The van der Waals surface area contributed by atoms with Gasteiger partial charge in [-0.3, -0.25) is 4.79 Å². The Labute approximate surface area is 161 Å². The van der Waals surface area contributed by atoms with Crippen LogP contribution in [0.3, 0.4) is 0 Å². The Morgan fingerprint density at radius 1 is 1.22 bits per heavy atom. The highest BCUT2D eigenvalue weighted by Crippen LogP contribution is 2.32. The highest BCUT2D eigenvalue weighted by molar-refractivity contribution is 7.16. The molecular formula is C21H20N2O3S. The molecule has 1 amide bonds. The molecule has 0 bridgehead atoms. The standard InChI is InChI=1S/C21H20N2O3S/c1-3-9-23-16-7-5-14(4-2)11-19(16)27-21(23)22-20(24)12-15-6-8-17-18(10-15)26-13-25-17/h3,5-8,10-11H,1,4,9,12-13H2,2H3. The molecule has 6 heteroatoms. The molecule has 0 spiro atoms. The number of benzene rings is 2. The lowest BCUT2D eigenvalue weighted by atomic mass is 10.1. The van der Waals surface area contributed by atoms with Gasteiger partial charge in [0.25, 0.3) is 5.91 Å². The Hall–Kier alpha value is -2.86. The highest BCUT2D eigenvalue weighted by atomic mass is 32.1. The van der Waals surface area contributed by atoms with E-state index in [4.69, 9.17) is 9.47 Å². The number of allylic oxidation sites excluding steroid dienone is 1. The van der Waals surface area contributed by atoms with Crippen molar-refractivity contribution in [2.75, 3.05) is 6.79 Å². The molecule has 1 aromatic heterocycles. The van der Waals surface area contributed by atoms with Crippen molar-refractivity contribution in [2.24, 2.45) is 4.99 Å². The first-order chi connectivity index (χ1) is 13.2. The van der Waals surface area contributed by atoms with Gasteiger partial charge in [0, 0.05) is 6.54 Å². The highest BCUT2D eigenvalue weighted by Gasteiger charge is 2.14. The van der Waals surface area contributed by atoms with Crippen LogP contribution >= 0.6 is 11.3 Å². The number of fused-ring (bicyclic) bond motifs is 2. The average Bonchev–Trinajstić information content (AvgIpc) is 3.26. The number of carbonyl (C=O) groups is 1. The minimum atomic E-state index is -0.186. The normalized spacial score (nSPS) is 13.3. The molecule has 0 unspecified atom stereocenters. The first kappa shape index (κ1) is 17.5. The third-order valence-corrected chi connectivity index (χ3v) is 5.52. The van der Waals surface area contributed by atoms with Gasteiger partial charge in [-0.15, -0.1) is 6.58 Å². The third-order valence-electron chi connectivity index (χ3n) is 4.48. The van der Waals surface area contributed by atoms with E-state index in [2.05, 4.69) is 36.7 Å². The van der Waals surface area contributed by atoms with Crippen LogP contribution in [0.15, 0.2) is 54.0 Å². The summed E-state index contributed by atoms with van der Waals surface area (Å²) in [6.45, 7) is 6.80. The summed E-state index contributed by atoms with van der Waals surface area (Å²) >= 11 is 1.54. The number of carbonyl (C=O) groups excluding carboxylic acids is 1. The van der Waals surface area contributed by atoms with E-state index in [0.717, 1.165) is 22.2 Å². The average molecular weight is 380 g/mol. The summed E-state index contributed by atoms with van der Waals surface area (Å²) in [5.41, 5.74) is 3.21. The summed E-state index contributed by atoms with van der Waals surface area (Å²) in [6.07, 6.45) is 3.02. The van der Waals surface area contributed by atoms with Crippen LogP contribution in [0.4, 0.5) is 0 Å². The summed E-state index contributed by atoms with van der Waals surface area (Å²) in [5.74, 6) is 1.20. The molecule has 138 valence electrons. The van der Waals surface area contributed by atoms with Crippen LogP contribution in [0.1, 0.15) is 18.1 Å². The molecule has 3 aromatic rings. The Morgan fingerprint density at radius 3 is 2.85 bits per heavy atom. The minimum Gasteiger partial charge on any atom is -0.454 e. The van der Waals surface area contributed by atoms with Crippen molar-refractivity contribution < 1.29 is 14.3 Å². The number of ether oxygens (including phenoxy) is 2. The van der Waals surface area contributed by atoms with E-state index in [1.165, 1.54) is 16.9 Å². The Kier molecular flexibility index (Phi) is 4.81. The molecule has 0 fully saturated rings. The van der Waals surface area contributed by atoms with Crippen molar-refractivity contribution in [3.63, 3.8) is 0 Å². The lowest BCUT2D eigenvalue weighted by Gasteiger charge is -2.02. The van der Waals surface area contributed by atoms with Gasteiger partial charge in [0.2, 0.25) is 6.79 Å². The van der Waals surface area contributed by atoms with Crippen molar-refractivity contribution in [3.8, 4) is 11.5 Å². The smallest absolute Gasteiger partial charge is 0.252 e. The van der Waals surface area contributed by atoms with Crippen LogP contribution in [0, 0.1) is 0 Å².